The molecular formula is C24H28N4O3. The van der Waals surface area contributed by atoms with Gasteiger partial charge in [0.15, 0.2) is 5.82 Å². The predicted molar refractivity (Wildman–Crippen MR) is 123 cm³/mol. The molecule has 2 heterocycles. The van der Waals surface area contributed by atoms with E-state index in [1.54, 1.807) is 6.07 Å². The van der Waals surface area contributed by atoms with Crippen LogP contribution < -0.4 is 9.64 Å². The summed E-state index contributed by atoms with van der Waals surface area (Å²) < 4.78 is 5.77. The molecule has 0 radical (unpaired) electrons. The molecule has 0 saturated heterocycles. The molecule has 1 aliphatic heterocycles. The number of carboxylic acids is 1. The van der Waals surface area contributed by atoms with Gasteiger partial charge in [0.1, 0.15) is 17.0 Å². The summed E-state index contributed by atoms with van der Waals surface area (Å²) in [6.45, 7) is 9.53. The van der Waals surface area contributed by atoms with Crippen molar-refractivity contribution in [2.45, 2.75) is 39.7 Å². The fourth-order valence-electron chi connectivity index (χ4n) is 3.38. The fraction of sp³-hybridized carbons (Fsp3) is 0.333. The van der Waals surface area contributed by atoms with E-state index in [-0.39, 0.29) is 5.56 Å². The first kappa shape index (κ1) is 22.2. The molecule has 162 valence electrons. The van der Waals surface area contributed by atoms with Crippen molar-refractivity contribution in [1.82, 2.24) is 9.97 Å². The van der Waals surface area contributed by atoms with Gasteiger partial charge in [-0.25, -0.2) is 14.8 Å². The van der Waals surface area contributed by atoms with Crippen LogP contribution in [0, 0.1) is 0 Å². The number of unbranched alkanes of at least 4 members (excludes halogenated alkanes) is 1. The van der Waals surface area contributed by atoms with Crippen LogP contribution >= 0.6 is 0 Å². The highest BCUT2D eigenvalue weighted by Gasteiger charge is 2.21. The second kappa shape index (κ2) is 10.5. The molecule has 7 nitrogen and oxygen atoms in total. The minimum Gasteiger partial charge on any atom is -0.493 e. The van der Waals surface area contributed by atoms with Gasteiger partial charge in [-0.2, -0.15) is 0 Å². The maximum Gasteiger partial charge on any atom is 0.339 e. The Labute approximate surface area is 182 Å². The summed E-state index contributed by atoms with van der Waals surface area (Å²) in [4.78, 5) is 26.9. The molecule has 1 N–H and O–H groups in total. The average molecular weight is 421 g/mol. The smallest absolute Gasteiger partial charge is 0.339 e. The van der Waals surface area contributed by atoms with E-state index >= 15 is 0 Å². The Hall–Kier alpha value is -3.48. The minimum absolute atomic E-state index is 0.183. The minimum atomic E-state index is -0.986. The highest BCUT2D eigenvalue weighted by atomic mass is 16.5. The van der Waals surface area contributed by atoms with Gasteiger partial charge in [0.05, 0.1) is 12.3 Å². The third kappa shape index (κ3) is 5.36. The maximum atomic E-state index is 11.6. The zero-order chi connectivity index (χ0) is 22.2. The summed E-state index contributed by atoms with van der Waals surface area (Å²) in [7, 11) is 0. The Bertz CT molecular complexity index is 1010. The quantitative estimate of drug-likeness (QED) is 0.364. The third-order valence-corrected chi connectivity index (χ3v) is 5.10. The SMILES string of the molecule is C=N/C(=C\C=C/C)c1ncc2c(n1)CCN(c1ccc(C(=O)O)c(OCCCC)c1)C2. The highest BCUT2D eigenvalue weighted by molar-refractivity contribution is 5.91. The largest absolute Gasteiger partial charge is 0.493 e. The average Bonchev–Trinajstić information content (AvgIpc) is 2.79. The Morgan fingerprint density at radius 1 is 1.42 bits per heavy atom. The molecule has 0 bridgehead atoms. The van der Waals surface area contributed by atoms with E-state index in [1.807, 2.05) is 43.5 Å². The van der Waals surface area contributed by atoms with Crippen LogP contribution in [0.25, 0.3) is 5.70 Å². The molecule has 0 unspecified atom stereocenters. The molecule has 31 heavy (non-hydrogen) atoms. The number of hydrogen-bond donors (Lipinski definition) is 1. The van der Waals surface area contributed by atoms with Gasteiger partial charge in [-0.05, 0) is 38.3 Å². The third-order valence-electron chi connectivity index (χ3n) is 5.10. The molecule has 0 spiro atoms. The summed E-state index contributed by atoms with van der Waals surface area (Å²) >= 11 is 0. The van der Waals surface area contributed by atoms with E-state index in [1.165, 1.54) is 0 Å². The lowest BCUT2D eigenvalue weighted by Crippen LogP contribution is -2.31. The standard InChI is InChI=1S/C24H28N4O3/c1-4-6-8-21(25-3)23-26-15-17-16-28(12-11-20(17)27-23)18-9-10-19(24(29)30)22(14-18)31-13-7-5-2/h4,6,8-10,14-15H,3,5,7,11-13,16H2,1-2H3,(H,29,30)/b6-4-,21-8-. The van der Waals surface area contributed by atoms with Crippen molar-refractivity contribution in [2.75, 3.05) is 18.1 Å². The monoisotopic (exact) mass is 420 g/mol. The highest BCUT2D eigenvalue weighted by Crippen LogP contribution is 2.30. The van der Waals surface area contributed by atoms with Crippen molar-refractivity contribution in [2.24, 2.45) is 4.99 Å². The first-order chi connectivity index (χ1) is 15.1. The van der Waals surface area contributed by atoms with Crippen LogP contribution in [0.1, 0.15) is 54.1 Å². The van der Waals surface area contributed by atoms with Crippen LogP contribution in [0.2, 0.25) is 0 Å². The molecule has 0 saturated carbocycles. The second-order valence-electron chi connectivity index (χ2n) is 7.26. The Morgan fingerprint density at radius 2 is 2.26 bits per heavy atom. The Kier molecular flexibility index (Phi) is 7.54. The molecule has 0 aliphatic carbocycles. The van der Waals surface area contributed by atoms with E-state index in [4.69, 9.17) is 9.72 Å². The number of allylic oxidation sites excluding steroid dienone is 3. The number of fused-ring (bicyclic) bond motifs is 1. The van der Waals surface area contributed by atoms with Gasteiger partial charge in [-0.15, -0.1) is 0 Å². The molecule has 7 heteroatoms. The van der Waals surface area contributed by atoms with Gasteiger partial charge in [0.25, 0.3) is 0 Å². The van der Waals surface area contributed by atoms with Crippen molar-refractivity contribution in [3.8, 4) is 5.75 Å². The number of aliphatic imine (C=N–C) groups is 1. The van der Waals surface area contributed by atoms with E-state index < -0.39 is 5.97 Å². The molecular weight excluding hydrogens is 392 g/mol. The van der Waals surface area contributed by atoms with Crippen molar-refractivity contribution < 1.29 is 14.6 Å². The molecule has 0 fully saturated rings. The zero-order valence-corrected chi connectivity index (χ0v) is 18.0. The summed E-state index contributed by atoms with van der Waals surface area (Å²) in [6.07, 6.45) is 10.1. The van der Waals surface area contributed by atoms with Gasteiger partial charge < -0.3 is 14.7 Å². The van der Waals surface area contributed by atoms with E-state index in [0.717, 1.165) is 42.8 Å². The van der Waals surface area contributed by atoms with Gasteiger partial charge >= 0.3 is 5.97 Å². The number of aromatic nitrogens is 2. The van der Waals surface area contributed by atoms with Crippen LogP contribution in [0.5, 0.6) is 5.75 Å². The number of benzene rings is 1. The first-order valence-corrected chi connectivity index (χ1v) is 10.5. The fourth-order valence-corrected chi connectivity index (χ4v) is 3.38. The normalized spacial score (nSPS) is 13.9. The predicted octanol–water partition coefficient (Wildman–Crippen LogP) is 4.53. The Morgan fingerprint density at radius 3 is 2.97 bits per heavy atom. The summed E-state index contributed by atoms with van der Waals surface area (Å²) in [5, 5.41) is 9.47. The van der Waals surface area contributed by atoms with Crippen molar-refractivity contribution in [3.05, 3.63) is 65.3 Å². The number of carbonyl (C=O) groups is 1. The number of nitrogens with zero attached hydrogens (tertiary/aromatic N) is 4. The molecule has 0 amide bonds. The van der Waals surface area contributed by atoms with Gasteiger partial charge in [-0.3, -0.25) is 4.99 Å². The Balaban J connectivity index is 1.82. The number of rotatable bonds is 9. The zero-order valence-electron chi connectivity index (χ0n) is 18.0. The van der Waals surface area contributed by atoms with E-state index in [9.17, 15) is 9.90 Å². The van der Waals surface area contributed by atoms with E-state index in [2.05, 4.69) is 28.5 Å². The maximum absolute atomic E-state index is 11.6. The van der Waals surface area contributed by atoms with Crippen LogP contribution in [0.15, 0.2) is 47.6 Å². The number of hydrogen-bond acceptors (Lipinski definition) is 6. The first-order valence-electron chi connectivity index (χ1n) is 10.5. The van der Waals surface area contributed by atoms with E-state index in [0.29, 0.717) is 30.4 Å². The molecule has 1 aromatic carbocycles. The molecule has 1 aliphatic rings. The number of ether oxygens (including phenoxy) is 1. The van der Waals surface area contributed by atoms with Crippen molar-refractivity contribution >= 4 is 24.1 Å². The van der Waals surface area contributed by atoms with Crippen LogP contribution in [-0.4, -0.2) is 40.9 Å². The lowest BCUT2D eigenvalue weighted by Gasteiger charge is -2.30. The summed E-state index contributed by atoms with van der Waals surface area (Å²) in [6, 6.07) is 5.26. The van der Waals surface area contributed by atoms with Gasteiger partial charge in [-0.1, -0.05) is 25.5 Å². The topological polar surface area (TPSA) is 87.9 Å². The van der Waals surface area contributed by atoms with Crippen LogP contribution in [0.4, 0.5) is 5.69 Å². The van der Waals surface area contributed by atoms with Gasteiger partial charge in [0.2, 0.25) is 0 Å². The molecule has 2 aromatic rings. The summed E-state index contributed by atoms with van der Waals surface area (Å²) in [5.74, 6) is -0.00930. The summed E-state index contributed by atoms with van der Waals surface area (Å²) in [5.41, 5.74) is 3.79. The number of anilines is 1. The number of aromatic carboxylic acids is 1. The van der Waals surface area contributed by atoms with Gasteiger partial charge in [0, 0.05) is 43.0 Å². The number of carboxylic acid groups (broad SMARTS) is 1. The lowest BCUT2D eigenvalue weighted by atomic mass is 10.1. The second-order valence-corrected chi connectivity index (χ2v) is 7.26. The van der Waals surface area contributed by atoms with Crippen molar-refractivity contribution in [3.63, 3.8) is 0 Å². The van der Waals surface area contributed by atoms with Crippen LogP contribution in [-0.2, 0) is 13.0 Å². The molecule has 1 aromatic heterocycles. The lowest BCUT2D eigenvalue weighted by molar-refractivity contribution is 0.0692. The molecule has 3 rings (SSSR count). The van der Waals surface area contributed by atoms with Crippen LogP contribution in [0.3, 0.4) is 0 Å². The molecule has 0 atom stereocenters. The van der Waals surface area contributed by atoms with Crippen molar-refractivity contribution in [1.29, 1.82) is 0 Å².